The number of benzene rings is 1. The smallest absolute Gasteiger partial charge is 0.228 e. The number of halogens is 1. The Labute approximate surface area is 120 Å². The Hall–Kier alpha value is -1.22. The number of amides is 1. The molecule has 0 radical (unpaired) electrons. The highest BCUT2D eigenvalue weighted by atomic mass is 35.5. The quantitative estimate of drug-likeness (QED) is 0.798. The molecule has 0 aliphatic rings. The normalized spacial score (nSPS) is 11.2. The van der Waals surface area contributed by atoms with Crippen LogP contribution in [0.5, 0.6) is 5.75 Å². The highest BCUT2D eigenvalue weighted by molar-refractivity contribution is 6.30. The summed E-state index contributed by atoms with van der Waals surface area (Å²) in [6.07, 6.45) is 0.828. The van der Waals surface area contributed by atoms with E-state index in [0.717, 1.165) is 12.2 Å². The standard InChI is InChI=1S/C15H22ClNO2/c1-5-15(2,3)14(18)17(4)10-11-19-13-8-6-12(16)7-9-13/h6-9H,5,10-11H2,1-4H3. The van der Waals surface area contributed by atoms with E-state index in [1.165, 1.54) is 0 Å². The zero-order valence-corrected chi connectivity index (χ0v) is 12.8. The maximum absolute atomic E-state index is 12.1. The van der Waals surface area contributed by atoms with Crippen molar-refractivity contribution in [2.45, 2.75) is 27.2 Å². The summed E-state index contributed by atoms with van der Waals surface area (Å²) in [6.45, 7) is 7.00. The number of hydrogen-bond acceptors (Lipinski definition) is 2. The van der Waals surface area contributed by atoms with Crippen molar-refractivity contribution < 1.29 is 9.53 Å². The first-order valence-electron chi connectivity index (χ1n) is 6.50. The van der Waals surface area contributed by atoms with Crippen LogP contribution in [0.2, 0.25) is 5.02 Å². The minimum absolute atomic E-state index is 0.148. The van der Waals surface area contributed by atoms with Gasteiger partial charge in [-0.15, -0.1) is 0 Å². The molecule has 0 fully saturated rings. The van der Waals surface area contributed by atoms with Crippen molar-refractivity contribution in [1.82, 2.24) is 4.90 Å². The number of ether oxygens (including phenoxy) is 1. The summed E-state index contributed by atoms with van der Waals surface area (Å²) in [7, 11) is 1.81. The van der Waals surface area contributed by atoms with E-state index in [1.54, 1.807) is 17.0 Å². The van der Waals surface area contributed by atoms with Crippen molar-refractivity contribution in [1.29, 1.82) is 0 Å². The average Bonchev–Trinajstić information content (AvgIpc) is 2.40. The Morgan fingerprint density at radius 2 is 1.89 bits per heavy atom. The van der Waals surface area contributed by atoms with Gasteiger partial charge in [-0.05, 0) is 30.7 Å². The summed E-state index contributed by atoms with van der Waals surface area (Å²) in [5.74, 6) is 0.912. The van der Waals surface area contributed by atoms with Crippen LogP contribution in [0.4, 0.5) is 0 Å². The molecule has 1 aromatic carbocycles. The molecule has 1 rings (SSSR count). The van der Waals surface area contributed by atoms with Gasteiger partial charge in [-0.2, -0.15) is 0 Å². The molecule has 0 saturated carbocycles. The fourth-order valence-corrected chi connectivity index (χ4v) is 1.73. The molecule has 0 aliphatic carbocycles. The minimum Gasteiger partial charge on any atom is -0.492 e. The highest BCUT2D eigenvalue weighted by Gasteiger charge is 2.28. The van der Waals surface area contributed by atoms with Gasteiger partial charge in [0.05, 0.1) is 6.54 Å². The summed E-state index contributed by atoms with van der Waals surface area (Å²) in [5, 5.41) is 0.685. The van der Waals surface area contributed by atoms with Gasteiger partial charge in [0.1, 0.15) is 12.4 Å². The molecule has 1 aromatic rings. The van der Waals surface area contributed by atoms with Crippen molar-refractivity contribution in [3.05, 3.63) is 29.3 Å². The van der Waals surface area contributed by atoms with Gasteiger partial charge >= 0.3 is 0 Å². The fraction of sp³-hybridized carbons (Fsp3) is 0.533. The zero-order chi connectivity index (χ0) is 14.5. The highest BCUT2D eigenvalue weighted by Crippen LogP contribution is 2.22. The Kier molecular flexibility index (Phi) is 5.67. The third-order valence-corrected chi connectivity index (χ3v) is 3.57. The van der Waals surface area contributed by atoms with Gasteiger partial charge in [-0.25, -0.2) is 0 Å². The molecular formula is C15H22ClNO2. The summed E-state index contributed by atoms with van der Waals surface area (Å²) in [6, 6.07) is 7.21. The van der Waals surface area contributed by atoms with Crippen LogP contribution in [0.15, 0.2) is 24.3 Å². The number of hydrogen-bond donors (Lipinski definition) is 0. The van der Waals surface area contributed by atoms with Gasteiger partial charge in [-0.1, -0.05) is 32.4 Å². The Balaban J connectivity index is 2.40. The molecule has 0 unspecified atom stereocenters. The summed E-state index contributed by atoms with van der Waals surface area (Å²) < 4.78 is 5.58. The number of rotatable bonds is 6. The molecule has 0 heterocycles. The zero-order valence-electron chi connectivity index (χ0n) is 12.1. The van der Waals surface area contributed by atoms with Crippen LogP contribution in [0, 0.1) is 5.41 Å². The Morgan fingerprint density at radius 3 is 2.42 bits per heavy atom. The predicted molar refractivity (Wildman–Crippen MR) is 78.7 cm³/mol. The molecule has 0 atom stereocenters. The van der Waals surface area contributed by atoms with E-state index in [-0.39, 0.29) is 11.3 Å². The number of likely N-dealkylation sites (N-methyl/N-ethyl adjacent to an activating group) is 1. The second-order valence-electron chi connectivity index (χ2n) is 5.27. The molecule has 0 aromatic heterocycles. The largest absolute Gasteiger partial charge is 0.492 e. The van der Waals surface area contributed by atoms with Crippen molar-refractivity contribution in [3.8, 4) is 5.75 Å². The van der Waals surface area contributed by atoms with Gasteiger partial charge < -0.3 is 9.64 Å². The van der Waals surface area contributed by atoms with E-state index in [2.05, 4.69) is 0 Å². The molecule has 106 valence electrons. The van der Waals surface area contributed by atoms with Gasteiger partial charge in [-0.3, -0.25) is 4.79 Å². The fourth-order valence-electron chi connectivity index (χ4n) is 1.60. The Bertz CT molecular complexity index is 415. The lowest BCUT2D eigenvalue weighted by atomic mass is 9.89. The number of carbonyl (C=O) groups is 1. The van der Waals surface area contributed by atoms with Crippen molar-refractivity contribution >= 4 is 17.5 Å². The SMILES string of the molecule is CCC(C)(C)C(=O)N(C)CCOc1ccc(Cl)cc1. The van der Waals surface area contributed by atoms with Gasteiger partial charge in [0.15, 0.2) is 0 Å². The third-order valence-electron chi connectivity index (χ3n) is 3.32. The lowest BCUT2D eigenvalue weighted by molar-refractivity contribution is -0.139. The van der Waals surface area contributed by atoms with E-state index in [4.69, 9.17) is 16.3 Å². The molecule has 0 saturated heterocycles. The van der Waals surface area contributed by atoms with E-state index >= 15 is 0 Å². The summed E-state index contributed by atoms with van der Waals surface area (Å²) >= 11 is 5.80. The van der Waals surface area contributed by atoms with Crippen LogP contribution >= 0.6 is 11.6 Å². The molecule has 0 spiro atoms. The third kappa shape index (κ3) is 4.75. The monoisotopic (exact) mass is 283 g/mol. The molecule has 3 nitrogen and oxygen atoms in total. The van der Waals surface area contributed by atoms with E-state index in [0.29, 0.717) is 18.2 Å². The van der Waals surface area contributed by atoms with Crippen molar-refractivity contribution in [3.63, 3.8) is 0 Å². The second-order valence-corrected chi connectivity index (χ2v) is 5.70. The van der Waals surface area contributed by atoms with Crippen LogP contribution in [0.3, 0.4) is 0 Å². The van der Waals surface area contributed by atoms with Crippen LogP contribution in [0.1, 0.15) is 27.2 Å². The number of nitrogens with zero attached hydrogens (tertiary/aromatic N) is 1. The first-order chi connectivity index (χ1) is 8.86. The molecular weight excluding hydrogens is 262 g/mol. The van der Waals surface area contributed by atoms with Gasteiger partial charge in [0.2, 0.25) is 5.91 Å². The average molecular weight is 284 g/mol. The second kappa shape index (κ2) is 6.80. The minimum atomic E-state index is -0.310. The predicted octanol–water partition coefficient (Wildman–Crippen LogP) is 3.61. The van der Waals surface area contributed by atoms with Crippen molar-refractivity contribution in [2.24, 2.45) is 5.41 Å². The van der Waals surface area contributed by atoms with E-state index in [9.17, 15) is 4.79 Å². The lowest BCUT2D eigenvalue weighted by Crippen LogP contribution is -2.40. The Morgan fingerprint density at radius 1 is 1.32 bits per heavy atom. The lowest BCUT2D eigenvalue weighted by Gasteiger charge is -2.28. The van der Waals surface area contributed by atoms with Crippen LogP contribution in [-0.2, 0) is 4.79 Å². The van der Waals surface area contributed by atoms with Gasteiger partial charge in [0, 0.05) is 17.5 Å². The van der Waals surface area contributed by atoms with E-state index in [1.807, 2.05) is 40.0 Å². The van der Waals surface area contributed by atoms with E-state index < -0.39 is 0 Å². The maximum atomic E-state index is 12.1. The molecule has 0 bridgehead atoms. The van der Waals surface area contributed by atoms with Crippen LogP contribution < -0.4 is 4.74 Å². The molecule has 0 aliphatic heterocycles. The summed E-state index contributed by atoms with van der Waals surface area (Å²) in [5.41, 5.74) is -0.310. The van der Waals surface area contributed by atoms with Crippen molar-refractivity contribution in [2.75, 3.05) is 20.2 Å². The van der Waals surface area contributed by atoms with Crippen LogP contribution in [0.25, 0.3) is 0 Å². The molecule has 1 amide bonds. The first-order valence-corrected chi connectivity index (χ1v) is 6.88. The van der Waals surface area contributed by atoms with Gasteiger partial charge in [0.25, 0.3) is 0 Å². The first kappa shape index (κ1) is 15.8. The molecule has 0 N–H and O–H groups in total. The van der Waals surface area contributed by atoms with Crippen LogP contribution in [-0.4, -0.2) is 31.0 Å². The topological polar surface area (TPSA) is 29.5 Å². The maximum Gasteiger partial charge on any atom is 0.228 e. The molecule has 19 heavy (non-hydrogen) atoms. The summed E-state index contributed by atoms with van der Waals surface area (Å²) in [4.78, 5) is 13.9. The molecule has 4 heteroatoms. The number of carbonyl (C=O) groups excluding carboxylic acids is 1.